The SMILES string of the molecule is Cc1ccc(NC(=O)c2ccc(NC(=O)c3cccs3)cc2)c2cccnc12. The molecule has 2 amide bonds. The van der Waals surface area contributed by atoms with E-state index >= 15 is 0 Å². The van der Waals surface area contributed by atoms with Crippen LogP contribution in [0.2, 0.25) is 0 Å². The normalized spacial score (nSPS) is 10.6. The van der Waals surface area contributed by atoms with Gasteiger partial charge in [-0.3, -0.25) is 14.6 Å². The molecule has 0 aliphatic carbocycles. The fraction of sp³-hybridized carbons (Fsp3) is 0.0455. The molecule has 6 heteroatoms. The molecular formula is C22H17N3O2S. The van der Waals surface area contributed by atoms with Gasteiger partial charge in [-0.1, -0.05) is 12.1 Å². The number of rotatable bonds is 4. The van der Waals surface area contributed by atoms with Gasteiger partial charge in [-0.2, -0.15) is 0 Å². The maximum Gasteiger partial charge on any atom is 0.265 e. The lowest BCUT2D eigenvalue weighted by Crippen LogP contribution is -2.13. The average Bonchev–Trinajstić information content (AvgIpc) is 3.26. The van der Waals surface area contributed by atoms with Crippen molar-refractivity contribution in [1.82, 2.24) is 4.98 Å². The summed E-state index contributed by atoms with van der Waals surface area (Å²) in [4.78, 5) is 29.8. The largest absolute Gasteiger partial charge is 0.321 e. The van der Waals surface area contributed by atoms with E-state index in [1.807, 2.05) is 42.6 Å². The van der Waals surface area contributed by atoms with E-state index < -0.39 is 0 Å². The topological polar surface area (TPSA) is 71.1 Å². The summed E-state index contributed by atoms with van der Waals surface area (Å²) in [5.41, 5.74) is 3.78. The number of carbonyl (C=O) groups is 2. The second-order valence-electron chi connectivity index (χ2n) is 6.29. The van der Waals surface area contributed by atoms with Crippen molar-refractivity contribution >= 4 is 45.4 Å². The molecule has 0 bridgehead atoms. The molecular weight excluding hydrogens is 370 g/mol. The zero-order chi connectivity index (χ0) is 19.5. The number of aryl methyl sites for hydroxylation is 1. The molecule has 138 valence electrons. The van der Waals surface area contributed by atoms with Crippen molar-refractivity contribution in [3.8, 4) is 0 Å². The van der Waals surface area contributed by atoms with Gasteiger partial charge in [-0.25, -0.2) is 0 Å². The Labute approximate surface area is 166 Å². The third-order valence-corrected chi connectivity index (χ3v) is 5.24. The zero-order valence-corrected chi connectivity index (χ0v) is 15.9. The van der Waals surface area contributed by atoms with Crippen LogP contribution in [0.5, 0.6) is 0 Å². The zero-order valence-electron chi connectivity index (χ0n) is 15.1. The van der Waals surface area contributed by atoms with Gasteiger partial charge in [0, 0.05) is 22.8 Å². The molecule has 2 aromatic carbocycles. The van der Waals surface area contributed by atoms with E-state index in [-0.39, 0.29) is 11.8 Å². The molecule has 4 aromatic rings. The van der Waals surface area contributed by atoms with Gasteiger partial charge < -0.3 is 10.6 Å². The fourth-order valence-corrected chi connectivity index (χ4v) is 3.54. The van der Waals surface area contributed by atoms with E-state index in [2.05, 4.69) is 15.6 Å². The number of nitrogens with one attached hydrogen (secondary N) is 2. The van der Waals surface area contributed by atoms with Gasteiger partial charge in [0.05, 0.1) is 16.1 Å². The molecule has 0 radical (unpaired) electrons. The number of aromatic nitrogens is 1. The number of amides is 2. The number of benzene rings is 2. The van der Waals surface area contributed by atoms with E-state index in [1.54, 1.807) is 36.5 Å². The summed E-state index contributed by atoms with van der Waals surface area (Å²) in [5, 5.41) is 8.52. The summed E-state index contributed by atoms with van der Waals surface area (Å²) in [6, 6.07) is 18.0. The van der Waals surface area contributed by atoms with Crippen molar-refractivity contribution in [2.75, 3.05) is 10.6 Å². The van der Waals surface area contributed by atoms with Crippen LogP contribution in [0.1, 0.15) is 25.6 Å². The van der Waals surface area contributed by atoms with Crippen LogP contribution < -0.4 is 10.6 Å². The van der Waals surface area contributed by atoms with Crippen LogP contribution in [0.4, 0.5) is 11.4 Å². The van der Waals surface area contributed by atoms with Crippen molar-refractivity contribution in [2.45, 2.75) is 6.92 Å². The Bertz CT molecular complexity index is 1150. The number of anilines is 2. The lowest BCUT2D eigenvalue weighted by atomic mass is 10.1. The average molecular weight is 387 g/mol. The first kappa shape index (κ1) is 17.9. The van der Waals surface area contributed by atoms with Gasteiger partial charge in [0.15, 0.2) is 0 Å². The molecule has 28 heavy (non-hydrogen) atoms. The van der Waals surface area contributed by atoms with E-state index in [4.69, 9.17) is 0 Å². The third-order valence-electron chi connectivity index (χ3n) is 4.37. The van der Waals surface area contributed by atoms with Gasteiger partial charge in [0.2, 0.25) is 0 Å². The summed E-state index contributed by atoms with van der Waals surface area (Å²) in [5.74, 6) is -0.379. The predicted molar refractivity (Wildman–Crippen MR) is 113 cm³/mol. The van der Waals surface area contributed by atoms with Gasteiger partial charge in [0.1, 0.15) is 0 Å². The first-order chi connectivity index (χ1) is 13.6. The summed E-state index contributed by atoms with van der Waals surface area (Å²) >= 11 is 1.38. The van der Waals surface area contributed by atoms with Crippen LogP contribution in [0.3, 0.4) is 0 Å². The molecule has 2 N–H and O–H groups in total. The Morgan fingerprint density at radius 2 is 1.71 bits per heavy atom. The van der Waals surface area contributed by atoms with E-state index in [1.165, 1.54) is 11.3 Å². The number of hydrogen-bond donors (Lipinski definition) is 2. The highest BCUT2D eigenvalue weighted by molar-refractivity contribution is 7.12. The Hall–Kier alpha value is -3.51. The molecule has 2 heterocycles. The second-order valence-corrected chi connectivity index (χ2v) is 7.24. The van der Waals surface area contributed by atoms with Crippen molar-refractivity contribution in [1.29, 1.82) is 0 Å². The molecule has 5 nitrogen and oxygen atoms in total. The molecule has 0 saturated heterocycles. The third kappa shape index (κ3) is 3.63. The van der Waals surface area contributed by atoms with E-state index in [0.717, 1.165) is 16.5 Å². The molecule has 0 atom stereocenters. The standard InChI is InChI=1S/C22H17N3O2S/c1-14-6-11-18(17-4-2-12-23-20(14)17)25-21(26)15-7-9-16(10-8-15)24-22(27)19-5-3-13-28-19/h2-13H,1H3,(H,24,27)(H,25,26). The summed E-state index contributed by atoms with van der Waals surface area (Å²) in [6.07, 6.45) is 1.74. The van der Waals surface area contributed by atoms with E-state index in [0.29, 0.717) is 21.8 Å². The number of fused-ring (bicyclic) bond motifs is 1. The molecule has 4 rings (SSSR count). The number of thiophene rings is 1. The number of hydrogen-bond acceptors (Lipinski definition) is 4. The molecule has 2 aromatic heterocycles. The van der Waals surface area contributed by atoms with Crippen molar-refractivity contribution in [3.05, 3.63) is 88.2 Å². The minimum atomic E-state index is -0.217. The monoisotopic (exact) mass is 387 g/mol. The van der Waals surface area contributed by atoms with Gasteiger partial charge in [-0.05, 0) is 66.4 Å². The first-order valence-corrected chi connectivity index (χ1v) is 9.60. The van der Waals surface area contributed by atoms with Gasteiger partial charge in [-0.15, -0.1) is 11.3 Å². The summed E-state index contributed by atoms with van der Waals surface area (Å²) in [7, 11) is 0. The number of nitrogens with zero attached hydrogens (tertiary/aromatic N) is 1. The molecule has 0 saturated carbocycles. The Kier molecular flexibility index (Phi) is 4.87. The second kappa shape index (κ2) is 7.62. The van der Waals surface area contributed by atoms with Crippen molar-refractivity contribution in [3.63, 3.8) is 0 Å². The maximum atomic E-state index is 12.6. The molecule has 0 aliphatic rings. The number of pyridine rings is 1. The quantitative estimate of drug-likeness (QED) is 0.511. The predicted octanol–water partition coefficient (Wildman–Crippen LogP) is 5.11. The summed E-state index contributed by atoms with van der Waals surface area (Å²) in [6.45, 7) is 1.99. The van der Waals surface area contributed by atoms with Crippen LogP contribution in [0.15, 0.2) is 72.2 Å². The minimum Gasteiger partial charge on any atom is -0.321 e. The lowest BCUT2D eigenvalue weighted by Gasteiger charge is -2.10. The van der Waals surface area contributed by atoms with Crippen LogP contribution >= 0.6 is 11.3 Å². The van der Waals surface area contributed by atoms with Crippen LogP contribution in [0.25, 0.3) is 10.9 Å². The van der Waals surface area contributed by atoms with Crippen LogP contribution in [-0.2, 0) is 0 Å². The van der Waals surface area contributed by atoms with Crippen molar-refractivity contribution < 1.29 is 9.59 Å². The first-order valence-electron chi connectivity index (χ1n) is 8.72. The number of carbonyl (C=O) groups excluding carboxylic acids is 2. The Morgan fingerprint density at radius 3 is 2.46 bits per heavy atom. The molecule has 0 aliphatic heterocycles. The maximum absolute atomic E-state index is 12.6. The Balaban J connectivity index is 1.50. The highest BCUT2D eigenvalue weighted by Crippen LogP contribution is 2.25. The Morgan fingerprint density at radius 1 is 0.893 bits per heavy atom. The minimum absolute atomic E-state index is 0.161. The van der Waals surface area contributed by atoms with E-state index in [9.17, 15) is 9.59 Å². The molecule has 0 fully saturated rings. The fourth-order valence-electron chi connectivity index (χ4n) is 2.92. The highest BCUT2D eigenvalue weighted by Gasteiger charge is 2.11. The highest BCUT2D eigenvalue weighted by atomic mass is 32.1. The molecule has 0 unspecified atom stereocenters. The lowest BCUT2D eigenvalue weighted by molar-refractivity contribution is 0.102. The van der Waals surface area contributed by atoms with Crippen LogP contribution in [0, 0.1) is 6.92 Å². The van der Waals surface area contributed by atoms with Crippen molar-refractivity contribution in [2.24, 2.45) is 0 Å². The molecule has 0 spiro atoms. The summed E-state index contributed by atoms with van der Waals surface area (Å²) < 4.78 is 0. The van der Waals surface area contributed by atoms with Gasteiger partial charge in [0.25, 0.3) is 11.8 Å². The van der Waals surface area contributed by atoms with Gasteiger partial charge >= 0.3 is 0 Å². The smallest absolute Gasteiger partial charge is 0.265 e. The van der Waals surface area contributed by atoms with Crippen LogP contribution in [-0.4, -0.2) is 16.8 Å².